The highest BCUT2D eigenvalue weighted by Crippen LogP contribution is 2.29. The van der Waals surface area contributed by atoms with Gasteiger partial charge in [0.15, 0.2) is 0 Å². The number of hydrogen-bond donors (Lipinski definition) is 0. The lowest BCUT2D eigenvalue weighted by Crippen LogP contribution is -2.10. The first-order valence-corrected chi connectivity index (χ1v) is 15.9. The van der Waals surface area contributed by atoms with Gasteiger partial charge in [-0.05, 0) is 102 Å². The zero-order valence-corrected chi connectivity index (χ0v) is 28.0. The van der Waals surface area contributed by atoms with Gasteiger partial charge in [0.25, 0.3) is 0 Å². The van der Waals surface area contributed by atoms with E-state index in [4.69, 9.17) is 18.9 Å². The van der Waals surface area contributed by atoms with Gasteiger partial charge < -0.3 is 18.9 Å². The van der Waals surface area contributed by atoms with Crippen LogP contribution >= 0.6 is 0 Å². The normalized spacial score (nSPS) is 10.1. The molecule has 0 fully saturated rings. The maximum Gasteiger partial charge on any atom is 0.330 e. The zero-order valence-electron chi connectivity index (χ0n) is 28.0. The third kappa shape index (κ3) is 9.73. The van der Waals surface area contributed by atoms with Crippen LogP contribution in [-0.4, -0.2) is 43.4 Å². The fraction of sp³-hybridized carbons (Fsp3) is 0.140. The highest BCUT2D eigenvalue weighted by atomic mass is 16.6. The SMILES string of the molecule is C=CC(=O)OCCOc1ccc(C#Cc2ccc(-c3c(C)cc(C#Cc4ccc5cc(OCCOC(=O)C=C)ncc5c4)cc3C)cc2)cc1. The predicted octanol–water partition coefficient (Wildman–Crippen LogP) is 7.53. The molecule has 0 radical (unpaired) electrons. The van der Waals surface area contributed by atoms with E-state index in [1.165, 1.54) is 5.56 Å². The Morgan fingerprint density at radius 1 is 0.620 bits per heavy atom. The van der Waals surface area contributed by atoms with Crippen molar-refractivity contribution in [3.8, 4) is 46.4 Å². The van der Waals surface area contributed by atoms with Crippen LogP contribution in [0.1, 0.15) is 33.4 Å². The Bertz CT molecular complexity index is 2140. The summed E-state index contributed by atoms with van der Waals surface area (Å²) >= 11 is 0. The van der Waals surface area contributed by atoms with Crippen molar-refractivity contribution >= 4 is 22.7 Å². The molecule has 5 aromatic rings. The molecule has 0 aliphatic carbocycles. The van der Waals surface area contributed by atoms with Crippen LogP contribution in [0.3, 0.4) is 0 Å². The molecule has 1 heterocycles. The number of hydrogen-bond acceptors (Lipinski definition) is 7. The van der Waals surface area contributed by atoms with Crippen molar-refractivity contribution in [2.75, 3.05) is 26.4 Å². The first-order chi connectivity index (χ1) is 24.3. The van der Waals surface area contributed by atoms with E-state index in [-0.39, 0.29) is 26.4 Å². The second-order valence-electron chi connectivity index (χ2n) is 11.1. The lowest BCUT2D eigenvalue weighted by molar-refractivity contribution is -0.139. The van der Waals surface area contributed by atoms with Crippen molar-refractivity contribution in [1.29, 1.82) is 0 Å². The summed E-state index contributed by atoms with van der Waals surface area (Å²) in [6.07, 6.45) is 3.98. The Morgan fingerprint density at radius 2 is 1.16 bits per heavy atom. The van der Waals surface area contributed by atoms with E-state index < -0.39 is 11.9 Å². The second kappa shape index (κ2) is 17.0. The summed E-state index contributed by atoms with van der Waals surface area (Å²) in [7, 11) is 0. The Morgan fingerprint density at radius 3 is 1.78 bits per heavy atom. The summed E-state index contributed by atoms with van der Waals surface area (Å²) in [5, 5.41) is 1.92. The van der Waals surface area contributed by atoms with Gasteiger partial charge in [-0.2, -0.15) is 0 Å². The van der Waals surface area contributed by atoms with Gasteiger partial charge in [-0.1, -0.05) is 55.0 Å². The predicted molar refractivity (Wildman–Crippen MR) is 195 cm³/mol. The fourth-order valence-corrected chi connectivity index (χ4v) is 5.12. The molecule has 1 aromatic heterocycles. The molecule has 0 saturated heterocycles. The number of ether oxygens (including phenoxy) is 4. The summed E-state index contributed by atoms with van der Waals surface area (Å²) < 4.78 is 21.0. The van der Waals surface area contributed by atoms with Gasteiger partial charge in [0.1, 0.15) is 32.2 Å². The second-order valence-corrected chi connectivity index (χ2v) is 11.1. The largest absolute Gasteiger partial charge is 0.490 e. The Balaban J connectivity index is 1.19. The molecule has 0 unspecified atom stereocenters. The van der Waals surface area contributed by atoms with Crippen LogP contribution in [0.2, 0.25) is 0 Å². The van der Waals surface area contributed by atoms with Gasteiger partial charge in [0.05, 0.1) is 0 Å². The van der Waals surface area contributed by atoms with E-state index in [1.54, 1.807) is 6.20 Å². The standard InChI is InChI=1S/C43H35NO6/c1-5-41(45)49-23-21-47-39-19-14-33(15-20-39)8-7-32-11-16-36(17-12-32)43-30(3)25-35(26-31(43)4)10-9-34-13-18-37-28-40(44-29-38(37)27-34)48-22-24-50-42(46)6-2/h5-6,11-20,25-29H,1-2,21-24H2,3-4H3. The molecule has 50 heavy (non-hydrogen) atoms. The quantitative estimate of drug-likeness (QED) is 0.0626. The van der Waals surface area contributed by atoms with Gasteiger partial charge in [-0.3, -0.25) is 0 Å². The van der Waals surface area contributed by atoms with Crippen molar-refractivity contribution in [2.24, 2.45) is 0 Å². The summed E-state index contributed by atoms with van der Waals surface area (Å²) in [5.41, 5.74) is 8.19. The average molecular weight is 662 g/mol. The first-order valence-electron chi connectivity index (χ1n) is 15.9. The number of rotatable bonds is 11. The molecule has 7 nitrogen and oxygen atoms in total. The van der Waals surface area contributed by atoms with Crippen LogP contribution in [0.5, 0.6) is 11.6 Å². The highest BCUT2D eigenvalue weighted by Gasteiger charge is 2.08. The third-order valence-corrected chi connectivity index (χ3v) is 7.47. The smallest absolute Gasteiger partial charge is 0.330 e. The maximum atomic E-state index is 11.2. The van der Waals surface area contributed by atoms with Crippen LogP contribution in [0, 0.1) is 37.5 Å². The fourth-order valence-electron chi connectivity index (χ4n) is 5.12. The molecule has 0 bridgehead atoms. The molecular weight excluding hydrogens is 626 g/mol. The minimum absolute atomic E-state index is 0.122. The molecule has 0 aliphatic rings. The molecule has 5 rings (SSSR count). The van der Waals surface area contributed by atoms with Crippen molar-refractivity contribution in [1.82, 2.24) is 4.98 Å². The minimum atomic E-state index is -0.486. The number of benzene rings is 4. The summed E-state index contributed by atoms with van der Waals surface area (Å²) in [5.74, 6) is 13.2. The highest BCUT2D eigenvalue weighted by molar-refractivity contribution is 5.84. The summed E-state index contributed by atoms with van der Waals surface area (Å²) in [4.78, 5) is 26.6. The third-order valence-electron chi connectivity index (χ3n) is 7.47. The first kappa shape index (κ1) is 34.8. The van der Waals surface area contributed by atoms with E-state index >= 15 is 0 Å². The Kier molecular flexibility index (Phi) is 11.8. The van der Waals surface area contributed by atoms with Crippen LogP contribution in [0.4, 0.5) is 0 Å². The molecule has 0 spiro atoms. The molecule has 4 aromatic carbocycles. The number of pyridine rings is 1. The van der Waals surface area contributed by atoms with Gasteiger partial charge >= 0.3 is 11.9 Å². The summed E-state index contributed by atoms with van der Waals surface area (Å²) in [6, 6.07) is 27.7. The van der Waals surface area contributed by atoms with Crippen molar-refractivity contribution in [3.63, 3.8) is 0 Å². The molecule has 0 saturated carbocycles. The van der Waals surface area contributed by atoms with Gasteiger partial charge in [0.2, 0.25) is 5.88 Å². The monoisotopic (exact) mass is 661 g/mol. The van der Waals surface area contributed by atoms with E-state index in [2.05, 4.69) is 79.9 Å². The molecule has 0 N–H and O–H groups in total. The van der Waals surface area contributed by atoms with Crippen LogP contribution in [-0.2, 0) is 19.1 Å². The van der Waals surface area contributed by atoms with Crippen molar-refractivity contribution in [2.45, 2.75) is 13.8 Å². The molecular formula is C43H35NO6. The van der Waals surface area contributed by atoms with Gasteiger partial charge in [0, 0.05) is 52.1 Å². The maximum absolute atomic E-state index is 11.2. The Hall–Kier alpha value is -6.57. The number of carbonyl (C=O) groups excluding carboxylic acids is 2. The topological polar surface area (TPSA) is 84.0 Å². The number of nitrogens with zero attached hydrogens (tertiary/aromatic N) is 1. The van der Waals surface area contributed by atoms with Crippen LogP contribution in [0.25, 0.3) is 21.9 Å². The minimum Gasteiger partial charge on any atom is -0.490 e. The van der Waals surface area contributed by atoms with Crippen molar-refractivity contribution < 1.29 is 28.5 Å². The average Bonchev–Trinajstić information content (AvgIpc) is 3.13. The lowest BCUT2D eigenvalue weighted by atomic mass is 9.93. The number of aromatic nitrogens is 1. The van der Waals surface area contributed by atoms with Gasteiger partial charge in [-0.15, -0.1) is 0 Å². The lowest BCUT2D eigenvalue weighted by Gasteiger charge is -2.11. The Labute approximate surface area is 292 Å². The number of aryl methyl sites for hydroxylation is 2. The van der Waals surface area contributed by atoms with E-state index in [1.807, 2.05) is 60.7 Å². The molecule has 0 aliphatic heterocycles. The molecule has 7 heteroatoms. The van der Waals surface area contributed by atoms with E-state index in [9.17, 15) is 9.59 Å². The van der Waals surface area contributed by atoms with Crippen molar-refractivity contribution in [3.05, 3.63) is 150 Å². The van der Waals surface area contributed by atoms with E-state index in [0.717, 1.165) is 61.9 Å². The van der Waals surface area contributed by atoms with Gasteiger partial charge in [-0.25, -0.2) is 14.6 Å². The van der Waals surface area contributed by atoms with Crippen LogP contribution in [0.15, 0.2) is 116 Å². The molecule has 0 amide bonds. The number of carbonyl (C=O) groups is 2. The number of esters is 2. The molecule has 248 valence electrons. The molecule has 0 atom stereocenters. The zero-order chi connectivity index (χ0) is 35.3. The number of fused-ring (bicyclic) bond motifs is 1. The van der Waals surface area contributed by atoms with Crippen LogP contribution < -0.4 is 9.47 Å². The summed E-state index contributed by atoms with van der Waals surface area (Å²) in [6.45, 7) is 11.7. The van der Waals surface area contributed by atoms with E-state index in [0.29, 0.717) is 11.6 Å².